The van der Waals surface area contributed by atoms with Crippen LogP contribution in [0.5, 0.6) is 0 Å². The Balaban J connectivity index is 2.56. The molecule has 0 amide bonds. The van der Waals surface area contributed by atoms with Gasteiger partial charge in [0.2, 0.25) is 0 Å². The molecule has 72 valence electrons. The SMILES string of the molecule is Cc1c2c(nn1C)N(C)CCC2C. The van der Waals surface area contributed by atoms with E-state index in [9.17, 15) is 0 Å². The Morgan fingerprint density at radius 1 is 1.38 bits per heavy atom. The maximum Gasteiger partial charge on any atom is 0.154 e. The van der Waals surface area contributed by atoms with E-state index in [2.05, 4.69) is 30.9 Å². The smallest absolute Gasteiger partial charge is 0.154 e. The Labute approximate surface area is 79.3 Å². The molecule has 3 heteroatoms. The van der Waals surface area contributed by atoms with Crippen LogP contribution in [0.15, 0.2) is 0 Å². The number of aromatic nitrogens is 2. The molecule has 1 aromatic rings. The lowest BCUT2D eigenvalue weighted by Crippen LogP contribution is -2.26. The highest BCUT2D eigenvalue weighted by molar-refractivity contribution is 5.52. The number of fused-ring (bicyclic) bond motifs is 1. The summed E-state index contributed by atoms with van der Waals surface area (Å²) in [4.78, 5) is 2.25. The minimum atomic E-state index is 0.667. The van der Waals surface area contributed by atoms with Crippen LogP contribution >= 0.6 is 0 Å². The van der Waals surface area contributed by atoms with E-state index in [-0.39, 0.29) is 0 Å². The largest absolute Gasteiger partial charge is 0.358 e. The highest BCUT2D eigenvalue weighted by Gasteiger charge is 2.25. The molecule has 0 saturated heterocycles. The molecule has 1 unspecified atom stereocenters. The highest BCUT2D eigenvalue weighted by atomic mass is 15.3. The quantitative estimate of drug-likeness (QED) is 0.604. The van der Waals surface area contributed by atoms with Crippen LogP contribution in [0.3, 0.4) is 0 Å². The molecule has 0 aromatic carbocycles. The third-order valence-electron chi connectivity index (χ3n) is 3.11. The molecule has 1 aliphatic rings. The normalized spacial score (nSPS) is 21.8. The molecule has 0 bridgehead atoms. The van der Waals surface area contributed by atoms with Crippen molar-refractivity contribution in [1.82, 2.24) is 9.78 Å². The summed E-state index contributed by atoms with van der Waals surface area (Å²) in [7, 11) is 4.14. The van der Waals surface area contributed by atoms with Crippen molar-refractivity contribution in [2.24, 2.45) is 7.05 Å². The van der Waals surface area contributed by atoms with Crippen molar-refractivity contribution in [3.05, 3.63) is 11.3 Å². The molecule has 2 heterocycles. The summed E-state index contributed by atoms with van der Waals surface area (Å²) in [6.07, 6.45) is 1.25. The van der Waals surface area contributed by atoms with Crippen LogP contribution in [-0.2, 0) is 7.05 Å². The molecule has 0 saturated carbocycles. The monoisotopic (exact) mass is 179 g/mol. The molecule has 1 atom stereocenters. The first-order chi connectivity index (χ1) is 6.11. The maximum absolute atomic E-state index is 4.52. The average molecular weight is 179 g/mol. The fraction of sp³-hybridized carbons (Fsp3) is 0.700. The summed E-state index contributed by atoms with van der Waals surface area (Å²) < 4.78 is 1.99. The Kier molecular flexibility index (Phi) is 1.82. The molecular weight excluding hydrogens is 162 g/mol. The zero-order valence-corrected chi connectivity index (χ0v) is 8.83. The lowest BCUT2D eigenvalue weighted by Gasteiger charge is -2.27. The van der Waals surface area contributed by atoms with Gasteiger partial charge in [0.25, 0.3) is 0 Å². The number of hydrogen-bond acceptors (Lipinski definition) is 2. The zero-order chi connectivity index (χ0) is 9.59. The average Bonchev–Trinajstić information content (AvgIpc) is 2.38. The molecule has 2 rings (SSSR count). The zero-order valence-electron chi connectivity index (χ0n) is 8.83. The van der Waals surface area contributed by atoms with Gasteiger partial charge in [0.15, 0.2) is 5.82 Å². The summed E-state index contributed by atoms with van der Waals surface area (Å²) in [5, 5.41) is 4.52. The molecule has 13 heavy (non-hydrogen) atoms. The van der Waals surface area contributed by atoms with Gasteiger partial charge < -0.3 is 4.90 Å². The Morgan fingerprint density at radius 2 is 2.08 bits per heavy atom. The van der Waals surface area contributed by atoms with Crippen molar-refractivity contribution < 1.29 is 0 Å². The highest BCUT2D eigenvalue weighted by Crippen LogP contribution is 2.35. The first kappa shape index (κ1) is 8.60. The van der Waals surface area contributed by atoms with E-state index in [1.165, 1.54) is 23.5 Å². The predicted molar refractivity (Wildman–Crippen MR) is 54.2 cm³/mol. The second-order valence-corrected chi connectivity index (χ2v) is 4.06. The Hall–Kier alpha value is -0.990. The number of nitrogens with zero attached hydrogens (tertiary/aromatic N) is 3. The number of rotatable bonds is 0. The van der Waals surface area contributed by atoms with E-state index in [1.807, 2.05) is 11.7 Å². The van der Waals surface area contributed by atoms with E-state index < -0.39 is 0 Å². The Bertz CT molecular complexity index is 327. The third-order valence-corrected chi connectivity index (χ3v) is 3.11. The van der Waals surface area contributed by atoms with Crippen LogP contribution in [0.1, 0.15) is 30.5 Å². The minimum absolute atomic E-state index is 0.667. The van der Waals surface area contributed by atoms with Gasteiger partial charge in [-0.3, -0.25) is 4.68 Å². The summed E-state index contributed by atoms with van der Waals surface area (Å²) in [5.74, 6) is 1.85. The maximum atomic E-state index is 4.52. The summed E-state index contributed by atoms with van der Waals surface area (Å²) >= 11 is 0. The standard InChI is InChI=1S/C10H17N3/c1-7-5-6-12(3)10-9(7)8(2)13(4)11-10/h7H,5-6H2,1-4H3. The fourth-order valence-electron chi connectivity index (χ4n) is 2.10. The predicted octanol–water partition coefficient (Wildman–Crippen LogP) is 1.67. The molecule has 0 spiro atoms. The molecule has 0 radical (unpaired) electrons. The van der Waals surface area contributed by atoms with Crippen molar-refractivity contribution in [2.75, 3.05) is 18.5 Å². The second-order valence-electron chi connectivity index (χ2n) is 4.06. The summed E-state index contributed by atoms with van der Waals surface area (Å²) in [5.41, 5.74) is 2.75. The fourth-order valence-corrected chi connectivity index (χ4v) is 2.10. The third kappa shape index (κ3) is 1.14. The topological polar surface area (TPSA) is 21.1 Å². The van der Waals surface area contributed by atoms with Crippen molar-refractivity contribution in [1.29, 1.82) is 0 Å². The van der Waals surface area contributed by atoms with Crippen molar-refractivity contribution in [3.63, 3.8) is 0 Å². The summed E-state index contributed by atoms with van der Waals surface area (Å²) in [6.45, 7) is 5.58. The van der Waals surface area contributed by atoms with Crippen LogP contribution in [-0.4, -0.2) is 23.4 Å². The number of hydrogen-bond donors (Lipinski definition) is 0. The lowest BCUT2D eigenvalue weighted by atomic mass is 9.94. The van der Waals surface area contributed by atoms with Gasteiger partial charge in [-0.1, -0.05) is 6.92 Å². The van der Waals surface area contributed by atoms with Gasteiger partial charge in [0.05, 0.1) is 0 Å². The van der Waals surface area contributed by atoms with Crippen molar-refractivity contribution in [3.8, 4) is 0 Å². The minimum Gasteiger partial charge on any atom is -0.358 e. The molecule has 1 aliphatic heterocycles. The number of aryl methyl sites for hydroxylation is 1. The molecule has 1 aromatic heterocycles. The van der Waals surface area contributed by atoms with Crippen LogP contribution in [0.25, 0.3) is 0 Å². The van der Waals surface area contributed by atoms with Crippen LogP contribution in [0, 0.1) is 6.92 Å². The first-order valence-corrected chi connectivity index (χ1v) is 4.86. The van der Waals surface area contributed by atoms with Crippen molar-refractivity contribution >= 4 is 5.82 Å². The Morgan fingerprint density at radius 3 is 2.69 bits per heavy atom. The molecular formula is C10H17N3. The number of anilines is 1. The molecule has 0 aliphatic carbocycles. The van der Waals surface area contributed by atoms with Crippen LogP contribution < -0.4 is 4.90 Å². The van der Waals surface area contributed by atoms with E-state index in [1.54, 1.807) is 0 Å². The molecule has 0 fully saturated rings. The van der Waals surface area contributed by atoms with E-state index in [0.717, 1.165) is 6.54 Å². The lowest BCUT2D eigenvalue weighted by molar-refractivity contribution is 0.632. The van der Waals surface area contributed by atoms with E-state index in [4.69, 9.17) is 0 Å². The van der Waals surface area contributed by atoms with Gasteiger partial charge in [0.1, 0.15) is 0 Å². The van der Waals surface area contributed by atoms with E-state index >= 15 is 0 Å². The van der Waals surface area contributed by atoms with Gasteiger partial charge in [-0.25, -0.2) is 0 Å². The van der Waals surface area contributed by atoms with Gasteiger partial charge in [-0.05, 0) is 19.3 Å². The van der Waals surface area contributed by atoms with Crippen molar-refractivity contribution in [2.45, 2.75) is 26.2 Å². The van der Waals surface area contributed by atoms with Gasteiger partial charge in [-0.15, -0.1) is 0 Å². The van der Waals surface area contributed by atoms with Crippen LogP contribution in [0.2, 0.25) is 0 Å². The first-order valence-electron chi connectivity index (χ1n) is 4.86. The second kappa shape index (κ2) is 2.76. The van der Waals surface area contributed by atoms with Gasteiger partial charge in [0, 0.05) is 31.9 Å². The van der Waals surface area contributed by atoms with E-state index in [0.29, 0.717) is 5.92 Å². The molecule has 3 nitrogen and oxygen atoms in total. The van der Waals surface area contributed by atoms with Gasteiger partial charge >= 0.3 is 0 Å². The summed E-state index contributed by atoms with van der Waals surface area (Å²) in [6, 6.07) is 0. The van der Waals surface area contributed by atoms with Gasteiger partial charge in [-0.2, -0.15) is 5.10 Å². The molecule has 0 N–H and O–H groups in total. The van der Waals surface area contributed by atoms with Crippen LogP contribution in [0.4, 0.5) is 5.82 Å².